The van der Waals surface area contributed by atoms with Crippen molar-refractivity contribution in [3.05, 3.63) is 28.2 Å². The van der Waals surface area contributed by atoms with Crippen LogP contribution in [0.1, 0.15) is 39.2 Å². The molecule has 3 heteroatoms. The van der Waals surface area contributed by atoms with E-state index in [1.165, 1.54) is 31.5 Å². The van der Waals surface area contributed by atoms with Crippen LogP contribution in [0.15, 0.2) is 22.7 Å². The molecule has 1 aliphatic rings. The van der Waals surface area contributed by atoms with Crippen LogP contribution in [0, 0.1) is 11.3 Å². The Bertz CT molecular complexity index is 429. The molecule has 0 bridgehead atoms. The van der Waals surface area contributed by atoms with Crippen LogP contribution >= 0.6 is 15.9 Å². The molecule has 1 aliphatic heterocycles. The third-order valence-electron chi connectivity index (χ3n) is 4.31. The number of benzene rings is 1. The van der Waals surface area contributed by atoms with Crippen molar-refractivity contribution in [2.45, 2.75) is 40.2 Å². The van der Waals surface area contributed by atoms with E-state index in [4.69, 9.17) is 5.73 Å². The molecule has 0 unspecified atom stereocenters. The van der Waals surface area contributed by atoms with E-state index in [0.29, 0.717) is 5.41 Å². The number of piperidine rings is 1. The molecule has 106 valence electrons. The second kappa shape index (κ2) is 5.84. The molecular formula is C16H25BrN2. The van der Waals surface area contributed by atoms with Crippen LogP contribution in [-0.2, 0) is 6.54 Å². The average molecular weight is 325 g/mol. The van der Waals surface area contributed by atoms with Gasteiger partial charge in [-0.25, -0.2) is 0 Å². The first kappa shape index (κ1) is 14.9. The maximum atomic E-state index is 5.94. The summed E-state index contributed by atoms with van der Waals surface area (Å²) in [6.45, 7) is 10.5. The fourth-order valence-corrected chi connectivity index (χ4v) is 3.31. The lowest BCUT2D eigenvalue weighted by Crippen LogP contribution is -2.37. The summed E-state index contributed by atoms with van der Waals surface area (Å²) >= 11 is 3.60. The summed E-state index contributed by atoms with van der Waals surface area (Å²) < 4.78 is 1.06. The van der Waals surface area contributed by atoms with Crippen molar-refractivity contribution in [1.82, 2.24) is 4.90 Å². The minimum absolute atomic E-state index is 0.448. The third-order valence-corrected chi connectivity index (χ3v) is 5.28. The zero-order valence-electron chi connectivity index (χ0n) is 12.2. The first-order chi connectivity index (χ1) is 8.88. The van der Waals surface area contributed by atoms with Gasteiger partial charge in [0, 0.05) is 16.7 Å². The zero-order chi connectivity index (χ0) is 14.0. The minimum Gasteiger partial charge on any atom is -0.398 e. The monoisotopic (exact) mass is 324 g/mol. The number of likely N-dealkylation sites (tertiary alicyclic amines) is 1. The van der Waals surface area contributed by atoms with Crippen LogP contribution in [-0.4, -0.2) is 18.0 Å². The van der Waals surface area contributed by atoms with E-state index in [9.17, 15) is 0 Å². The molecule has 0 amide bonds. The molecule has 0 spiro atoms. The molecule has 1 saturated heterocycles. The molecule has 1 aromatic carbocycles. The maximum absolute atomic E-state index is 5.94. The van der Waals surface area contributed by atoms with Gasteiger partial charge in [-0.1, -0.05) is 32.9 Å². The highest BCUT2D eigenvalue weighted by Crippen LogP contribution is 2.35. The fourth-order valence-electron chi connectivity index (χ4n) is 2.92. The van der Waals surface area contributed by atoms with Gasteiger partial charge in [-0.05, 0) is 64.8 Å². The number of nitrogen functional groups attached to an aromatic ring is 1. The lowest BCUT2D eigenvalue weighted by molar-refractivity contribution is 0.108. The molecule has 0 aliphatic carbocycles. The van der Waals surface area contributed by atoms with Crippen LogP contribution in [0.4, 0.5) is 5.69 Å². The molecular weight excluding hydrogens is 300 g/mol. The van der Waals surface area contributed by atoms with E-state index in [1.807, 2.05) is 12.1 Å². The number of anilines is 1. The largest absolute Gasteiger partial charge is 0.398 e. The molecule has 2 rings (SSSR count). The summed E-state index contributed by atoms with van der Waals surface area (Å²) in [5.74, 6) is 0.855. The van der Waals surface area contributed by atoms with Crippen molar-refractivity contribution in [2.24, 2.45) is 11.3 Å². The normalized spacial score (nSPS) is 18.7. The van der Waals surface area contributed by atoms with Crippen LogP contribution < -0.4 is 5.73 Å². The van der Waals surface area contributed by atoms with Gasteiger partial charge in [0.15, 0.2) is 0 Å². The summed E-state index contributed by atoms with van der Waals surface area (Å²) in [6, 6.07) is 6.15. The number of hydrogen-bond acceptors (Lipinski definition) is 2. The Morgan fingerprint density at radius 1 is 1.26 bits per heavy atom. The van der Waals surface area contributed by atoms with Crippen molar-refractivity contribution in [3.63, 3.8) is 0 Å². The molecule has 1 heterocycles. The van der Waals surface area contributed by atoms with E-state index in [0.717, 1.165) is 22.6 Å². The number of hydrogen-bond donors (Lipinski definition) is 1. The van der Waals surface area contributed by atoms with E-state index < -0.39 is 0 Å². The van der Waals surface area contributed by atoms with Gasteiger partial charge < -0.3 is 5.73 Å². The number of nitrogens with zero attached hydrogens (tertiary/aromatic N) is 1. The van der Waals surface area contributed by atoms with Crippen LogP contribution in [0.5, 0.6) is 0 Å². The van der Waals surface area contributed by atoms with Crippen LogP contribution in [0.25, 0.3) is 0 Å². The van der Waals surface area contributed by atoms with E-state index in [2.05, 4.69) is 47.7 Å². The molecule has 2 nitrogen and oxygen atoms in total. The van der Waals surface area contributed by atoms with Crippen LogP contribution in [0.2, 0.25) is 0 Å². The van der Waals surface area contributed by atoms with Gasteiger partial charge in [0.25, 0.3) is 0 Å². The maximum Gasteiger partial charge on any atom is 0.0461 e. The first-order valence-electron chi connectivity index (χ1n) is 7.13. The fraction of sp³-hybridized carbons (Fsp3) is 0.625. The molecule has 1 aromatic rings. The highest BCUT2D eigenvalue weighted by atomic mass is 79.9. The Balaban J connectivity index is 1.94. The summed E-state index contributed by atoms with van der Waals surface area (Å²) in [5.41, 5.74) is 8.52. The number of rotatable bonds is 2. The molecule has 1 fully saturated rings. The first-order valence-corrected chi connectivity index (χ1v) is 7.92. The van der Waals surface area contributed by atoms with Gasteiger partial charge in [-0.15, -0.1) is 0 Å². The molecule has 2 N–H and O–H groups in total. The standard InChI is InChI=1S/C16H25BrN2/c1-16(2,3)13-7-9-19(10-8-13)11-12-5-4-6-14(18)15(12)17/h4-6,13H,7-11,18H2,1-3H3. The van der Waals surface area contributed by atoms with Gasteiger partial charge in [-0.3, -0.25) is 4.90 Å². The van der Waals surface area contributed by atoms with Gasteiger partial charge in [0.05, 0.1) is 0 Å². The number of halogens is 1. The summed E-state index contributed by atoms with van der Waals surface area (Å²) in [7, 11) is 0. The Labute approximate surface area is 125 Å². The van der Waals surface area contributed by atoms with Crippen molar-refractivity contribution in [2.75, 3.05) is 18.8 Å². The predicted molar refractivity (Wildman–Crippen MR) is 86.0 cm³/mol. The topological polar surface area (TPSA) is 29.3 Å². The molecule has 0 radical (unpaired) electrons. The van der Waals surface area contributed by atoms with E-state index in [-0.39, 0.29) is 0 Å². The van der Waals surface area contributed by atoms with Gasteiger partial charge in [-0.2, -0.15) is 0 Å². The predicted octanol–water partition coefficient (Wildman–Crippen LogP) is 4.29. The number of nitrogens with two attached hydrogens (primary N) is 1. The van der Waals surface area contributed by atoms with Gasteiger partial charge in [0.2, 0.25) is 0 Å². The average Bonchev–Trinajstić information content (AvgIpc) is 2.35. The quantitative estimate of drug-likeness (QED) is 0.822. The highest BCUT2D eigenvalue weighted by Gasteiger charge is 2.28. The Morgan fingerprint density at radius 2 is 1.89 bits per heavy atom. The lowest BCUT2D eigenvalue weighted by Gasteiger charge is -2.38. The third kappa shape index (κ3) is 3.73. The molecule has 0 aromatic heterocycles. The molecule has 0 saturated carbocycles. The second-order valence-corrected chi connectivity index (χ2v) is 7.53. The highest BCUT2D eigenvalue weighted by molar-refractivity contribution is 9.10. The van der Waals surface area contributed by atoms with Gasteiger partial charge in [0.1, 0.15) is 0 Å². The zero-order valence-corrected chi connectivity index (χ0v) is 13.8. The lowest BCUT2D eigenvalue weighted by atomic mass is 9.75. The summed E-state index contributed by atoms with van der Waals surface area (Å²) in [4.78, 5) is 2.54. The van der Waals surface area contributed by atoms with Crippen molar-refractivity contribution in [1.29, 1.82) is 0 Å². The molecule has 0 atom stereocenters. The van der Waals surface area contributed by atoms with Gasteiger partial charge >= 0.3 is 0 Å². The Hall–Kier alpha value is -0.540. The Kier molecular flexibility index (Phi) is 4.57. The van der Waals surface area contributed by atoms with E-state index in [1.54, 1.807) is 0 Å². The van der Waals surface area contributed by atoms with Crippen LogP contribution in [0.3, 0.4) is 0 Å². The molecule has 19 heavy (non-hydrogen) atoms. The SMILES string of the molecule is CC(C)(C)C1CCN(Cc2cccc(N)c2Br)CC1. The summed E-state index contributed by atoms with van der Waals surface area (Å²) in [5, 5.41) is 0. The van der Waals surface area contributed by atoms with Crippen molar-refractivity contribution in [3.8, 4) is 0 Å². The van der Waals surface area contributed by atoms with Crippen molar-refractivity contribution >= 4 is 21.6 Å². The second-order valence-electron chi connectivity index (χ2n) is 6.74. The smallest absolute Gasteiger partial charge is 0.0461 e. The van der Waals surface area contributed by atoms with Crippen molar-refractivity contribution < 1.29 is 0 Å². The minimum atomic E-state index is 0.448. The summed E-state index contributed by atoms with van der Waals surface area (Å²) in [6.07, 6.45) is 2.62. The van der Waals surface area contributed by atoms with E-state index >= 15 is 0 Å². The Morgan fingerprint density at radius 3 is 2.47 bits per heavy atom.